The number of para-hydroxylation sites is 2. The zero-order valence-electron chi connectivity index (χ0n) is 21.8. The molecule has 0 fully saturated rings. The number of amides is 4. The van der Waals surface area contributed by atoms with E-state index in [1.165, 1.54) is 15.4 Å². The van der Waals surface area contributed by atoms with Crippen LogP contribution in [0.2, 0.25) is 5.02 Å². The van der Waals surface area contributed by atoms with Crippen molar-refractivity contribution in [3.63, 3.8) is 0 Å². The van der Waals surface area contributed by atoms with Gasteiger partial charge in [0, 0.05) is 30.9 Å². The van der Waals surface area contributed by atoms with Gasteiger partial charge in [0.2, 0.25) is 5.91 Å². The zero-order valence-corrected chi connectivity index (χ0v) is 22.6. The van der Waals surface area contributed by atoms with Crippen LogP contribution in [0.15, 0.2) is 60.7 Å². The van der Waals surface area contributed by atoms with Crippen molar-refractivity contribution in [2.24, 2.45) is 0 Å². The van der Waals surface area contributed by atoms with E-state index in [0.717, 1.165) is 36.1 Å². The van der Waals surface area contributed by atoms with Gasteiger partial charge in [-0.2, -0.15) is 0 Å². The molecule has 8 nitrogen and oxygen atoms in total. The third-order valence-corrected chi connectivity index (χ3v) is 7.62. The Hall–Kier alpha value is -3.88. The third kappa shape index (κ3) is 5.35. The Kier molecular flexibility index (Phi) is 7.86. The van der Waals surface area contributed by atoms with E-state index in [9.17, 15) is 19.5 Å². The molecule has 0 unspecified atom stereocenters. The number of aliphatic hydroxyl groups excluding tert-OH is 1. The van der Waals surface area contributed by atoms with Gasteiger partial charge < -0.3 is 20.2 Å². The molecule has 202 valence electrons. The summed E-state index contributed by atoms with van der Waals surface area (Å²) in [5.74, 6) is -0.336. The van der Waals surface area contributed by atoms with Crippen LogP contribution in [-0.4, -0.2) is 49.2 Å². The summed E-state index contributed by atoms with van der Waals surface area (Å²) in [6, 6.07) is 18.2. The molecule has 39 heavy (non-hydrogen) atoms. The summed E-state index contributed by atoms with van der Waals surface area (Å²) in [5, 5.41) is 12.6. The summed E-state index contributed by atoms with van der Waals surface area (Å²) >= 11 is 6.43. The Morgan fingerprint density at radius 2 is 1.79 bits per heavy atom. The number of rotatable bonds is 5. The summed E-state index contributed by atoms with van der Waals surface area (Å²) in [6.07, 6.45) is 2.97. The van der Waals surface area contributed by atoms with Gasteiger partial charge in [0.1, 0.15) is 6.54 Å². The highest BCUT2D eigenvalue weighted by Crippen LogP contribution is 2.39. The molecule has 4 amide bonds. The van der Waals surface area contributed by atoms with Crippen LogP contribution < -0.4 is 20.0 Å². The number of fused-ring (bicyclic) bond motifs is 2. The number of carbonyl (C=O) groups is 3. The van der Waals surface area contributed by atoms with E-state index in [4.69, 9.17) is 11.6 Å². The average Bonchev–Trinajstić information content (AvgIpc) is 3.16. The topological polar surface area (TPSA) is 93.2 Å². The maximum atomic E-state index is 13.5. The van der Waals surface area contributed by atoms with Crippen LogP contribution in [-0.2, 0) is 17.8 Å². The molecule has 2 aliphatic rings. The molecule has 0 radical (unpaired) electrons. The molecule has 0 bridgehead atoms. The second-order valence-electron chi connectivity index (χ2n) is 9.81. The maximum Gasteiger partial charge on any atom is 0.322 e. The predicted octanol–water partition coefficient (Wildman–Crippen LogP) is 4.69. The molecule has 0 saturated heterocycles. The summed E-state index contributed by atoms with van der Waals surface area (Å²) < 4.78 is 0. The Morgan fingerprint density at radius 1 is 1.00 bits per heavy atom. The minimum Gasteiger partial charge on any atom is -0.395 e. The number of anilines is 3. The molecule has 0 spiro atoms. The van der Waals surface area contributed by atoms with Gasteiger partial charge in [0.15, 0.2) is 0 Å². The number of urea groups is 1. The van der Waals surface area contributed by atoms with Gasteiger partial charge in [-0.1, -0.05) is 41.9 Å². The lowest BCUT2D eigenvalue weighted by Crippen LogP contribution is -2.51. The molecule has 0 saturated carbocycles. The lowest BCUT2D eigenvalue weighted by molar-refractivity contribution is -0.117. The van der Waals surface area contributed by atoms with Gasteiger partial charge >= 0.3 is 6.03 Å². The van der Waals surface area contributed by atoms with E-state index in [2.05, 4.69) is 11.4 Å². The molecular formula is C30H31ClN4O4. The Bertz CT molecular complexity index is 1430. The van der Waals surface area contributed by atoms with E-state index >= 15 is 0 Å². The van der Waals surface area contributed by atoms with Crippen molar-refractivity contribution < 1.29 is 19.5 Å². The number of aliphatic hydroxyl groups is 1. The number of hydrogen-bond donors (Lipinski definition) is 2. The second kappa shape index (κ2) is 11.5. The first-order valence-corrected chi connectivity index (χ1v) is 13.5. The average molecular weight is 547 g/mol. The van der Waals surface area contributed by atoms with Crippen molar-refractivity contribution in [1.82, 2.24) is 5.32 Å². The first-order chi connectivity index (χ1) is 18.9. The fourth-order valence-electron chi connectivity index (χ4n) is 5.29. The zero-order chi connectivity index (χ0) is 27.5. The molecule has 3 aromatic rings. The molecule has 0 atom stereocenters. The van der Waals surface area contributed by atoms with Crippen LogP contribution in [0.25, 0.3) is 0 Å². The van der Waals surface area contributed by atoms with Crippen LogP contribution in [0.4, 0.5) is 21.9 Å². The summed E-state index contributed by atoms with van der Waals surface area (Å²) in [4.78, 5) is 44.1. The maximum absolute atomic E-state index is 13.5. The highest BCUT2D eigenvalue weighted by molar-refractivity contribution is 6.35. The number of hydrogen-bond acceptors (Lipinski definition) is 4. The number of β-amino-alcohol motifs (C(OH)–C–C–N with tert-alkyl or cyclic N) is 1. The molecule has 5 rings (SSSR count). The molecular weight excluding hydrogens is 516 g/mol. The number of benzene rings is 3. The van der Waals surface area contributed by atoms with Crippen molar-refractivity contribution in [1.29, 1.82) is 0 Å². The minimum atomic E-state index is -0.456. The summed E-state index contributed by atoms with van der Waals surface area (Å²) in [6.45, 7) is 2.54. The van der Waals surface area contributed by atoms with Crippen LogP contribution in [0, 0.1) is 6.92 Å². The Morgan fingerprint density at radius 3 is 2.59 bits per heavy atom. The molecule has 2 heterocycles. The van der Waals surface area contributed by atoms with Crippen molar-refractivity contribution in [3.8, 4) is 0 Å². The third-order valence-electron chi connectivity index (χ3n) is 7.31. The van der Waals surface area contributed by atoms with Gasteiger partial charge in [0.25, 0.3) is 5.91 Å². The summed E-state index contributed by atoms with van der Waals surface area (Å²) in [7, 11) is 0. The standard InChI is InChI=1S/C30H31ClN4O4/c1-20-17-22(29(38)34-14-5-4-8-21-7-2-3-10-25(21)34)12-13-23(20)18-32-30(39)35-19-27(37)33(15-16-36)26-11-6-9-24(31)28(26)35/h2-3,6-7,9-13,17,36H,4-5,8,14-16,18-19H2,1H3,(H,32,39). The highest BCUT2D eigenvalue weighted by Gasteiger charge is 2.34. The number of nitrogens with one attached hydrogen (secondary N) is 1. The molecule has 3 aromatic carbocycles. The largest absolute Gasteiger partial charge is 0.395 e. The highest BCUT2D eigenvalue weighted by atomic mass is 35.5. The molecule has 0 aromatic heterocycles. The summed E-state index contributed by atoms with van der Waals surface area (Å²) in [5.41, 5.74) is 5.42. The monoisotopic (exact) mass is 546 g/mol. The molecule has 0 aliphatic carbocycles. The molecule has 2 N–H and O–H groups in total. The fourth-order valence-corrected chi connectivity index (χ4v) is 5.56. The number of halogens is 1. The minimum absolute atomic E-state index is 0.0338. The van der Waals surface area contributed by atoms with Gasteiger partial charge in [0.05, 0.1) is 23.0 Å². The van der Waals surface area contributed by atoms with E-state index in [1.54, 1.807) is 24.3 Å². The van der Waals surface area contributed by atoms with Gasteiger partial charge in [-0.25, -0.2) is 4.79 Å². The first-order valence-electron chi connectivity index (χ1n) is 13.1. The normalized spacial score (nSPS) is 14.9. The molecule has 2 aliphatic heterocycles. The van der Waals surface area contributed by atoms with Crippen molar-refractivity contribution in [2.45, 2.75) is 32.7 Å². The number of aryl methyl sites for hydroxylation is 2. The number of carbonyl (C=O) groups excluding carboxylic acids is 3. The van der Waals surface area contributed by atoms with E-state index in [0.29, 0.717) is 28.5 Å². The predicted molar refractivity (Wildman–Crippen MR) is 153 cm³/mol. The van der Waals surface area contributed by atoms with E-state index in [-0.39, 0.29) is 38.1 Å². The van der Waals surface area contributed by atoms with Gasteiger partial charge in [-0.05, 0) is 73.2 Å². The molecule has 9 heteroatoms. The Labute approximate surface area is 232 Å². The van der Waals surface area contributed by atoms with Gasteiger partial charge in [-0.3, -0.25) is 14.5 Å². The van der Waals surface area contributed by atoms with Crippen LogP contribution >= 0.6 is 11.6 Å². The Balaban J connectivity index is 1.31. The lowest BCUT2D eigenvalue weighted by atomic mass is 10.0. The van der Waals surface area contributed by atoms with Crippen LogP contribution in [0.1, 0.15) is 39.9 Å². The van der Waals surface area contributed by atoms with Gasteiger partial charge in [-0.15, -0.1) is 0 Å². The number of nitrogens with zero attached hydrogens (tertiary/aromatic N) is 3. The van der Waals surface area contributed by atoms with Crippen molar-refractivity contribution in [3.05, 3.63) is 87.9 Å². The van der Waals surface area contributed by atoms with Crippen molar-refractivity contribution >= 4 is 46.5 Å². The lowest BCUT2D eigenvalue weighted by Gasteiger charge is -2.36. The fraction of sp³-hybridized carbons (Fsp3) is 0.300. The van der Waals surface area contributed by atoms with Crippen LogP contribution in [0.5, 0.6) is 0 Å². The van der Waals surface area contributed by atoms with Crippen LogP contribution in [0.3, 0.4) is 0 Å². The quantitative estimate of drug-likeness (QED) is 0.486. The smallest absolute Gasteiger partial charge is 0.322 e. The second-order valence-corrected chi connectivity index (χ2v) is 10.2. The van der Waals surface area contributed by atoms with E-state index < -0.39 is 6.03 Å². The SMILES string of the molecule is Cc1cc(C(=O)N2CCCCc3ccccc32)ccc1CNC(=O)N1CC(=O)N(CCO)c2cccc(Cl)c21. The first kappa shape index (κ1) is 26.7. The van der Waals surface area contributed by atoms with E-state index in [1.807, 2.05) is 42.2 Å². The van der Waals surface area contributed by atoms with Crippen molar-refractivity contribution in [2.75, 3.05) is 40.9 Å².